The van der Waals surface area contributed by atoms with E-state index in [1.54, 1.807) is 0 Å². The Labute approximate surface area is 147 Å². The maximum absolute atomic E-state index is 12.7. The Morgan fingerprint density at radius 2 is 1.83 bits per heavy atom. The predicted octanol–water partition coefficient (Wildman–Crippen LogP) is 2.80. The lowest BCUT2D eigenvalue weighted by molar-refractivity contribution is -0.117. The van der Waals surface area contributed by atoms with Crippen LogP contribution in [0.3, 0.4) is 0 Å². The van der Waals surface area contributed by atoms with Crippen LogP contribution in [0.4, 0.5) is 5.00 Å². The number of anilines is 1. The summed E-state index contributed by atoms with van der Waals surface area (Å²) in [6.45, 7) is 4.06. The first-order chi connectivity index (χ1) is 11.7. The number of piperidine rings is 1. The molecule has 0 bridgehead atoms. The van der Waals surface area contributed by atoms with E-state index in [1.807, 2.05) is 17.0 Å². The van der Waals surface area contributed by atoms with E-state index in [2.05, 4.69) is 10.2 Å². The van der Waals surface area contributed by atoms with Gasteiger partial charge < -0.3 is 10.2 Å². The minimum Gasteiger partial charge on any atom is -0.336 e. The molecule has 3 fully saturated rings. The number of likely N-dealkylation sites (tertiary alicyclic amines) is 2. The van der Waals surface area contributed by atoms with Gasteiger partial charge in [0.05, 0.1) is 9.88 Å². The van der Waals surface area contributed by atoms with Gasteiger partial charge in [0.2, 0.25) is 5.91 Å². The fourth-order valence-electron chi connectivity index (χ4n) is 3.75. The molecule has 1 N–H and O–H groups in total. The zero-order valence-electron chi connectivity index (χ0n) is 14.0. The van der Waals surface area contributed by atoms with Gasteiger partial charge in [0.1, 0.15) is 0 Å². The zero-order chi connectivity index (χ0) is 16.5. The van der Waals surface area contributed by atoms with Gasteiger partial charge in [-0.2, -0.15) is 0 Å². The normalized spacial score (nSPS) is 25.0. The Kier molecular flexibility index (Phi) is 4.59. The highest BCUT2D eigenvalue weighted by Crippen LogP contribution is 2.32. The second-order valence-electron chi connectivity index (χ2n) is 7.22. The van der Waals surface area contributed by atoms with Crippen LogP contribution in [-0.4, -0.2) is 53.8 Å². The van der Waals surface area contributed by atoms with Gasteiger partial charge in [-0.1, -0.05) is 6.42 Å². The van der Waals surface area contributed by atoms with Crippen molar-refractivity contribution in [2.45, 2.75) is 44.6 Å². The molecule has 1 atom stereocenters. The number of rotatable bonds is 4. The molecule has 3 heterocycles. The van der Waals surface area contributed by atoms with Crippen LogP contribution in [0.1, 0.15) is 48.2 Å². The number of nitrogens with zero attached hydrogens (tertiary/aromatic N) is 2. The molecule has 2 aliphatic heterocycles. The first-order valence-corrected chi connectivity index (χ1v) is 9.96. The quantitative estimate of drug-likeness (QED) is 0.911. The largest absolute Gasteiger partial charge is 0.336 e. The number of nitrogens with one attached hydrogen (secondary N) is 1. The highest BCUT2D eigenvalue weighted by molar-refractivity contribution is 7.18. The van der Waals surface area contributed by atoms with E-state index >= 15 is 0 Å². The Morgan fingerprint density at radius 3 is 2.58 bits per heavy atom. The van der Waals surface area contributed by atoms with Crippen molar-refractivity contribution in [3.63, 3.8) is 0 Å². The smallest absolute Gasteiger partial charge is 0.264 e. The van der Waals surface area contributed by atoms with Crippen LogP contribution in [0.25, 0.3) is 0 Å². The van der Waals surface area contributed by atoms with Crippen LogP contribution in [0.15, 0.2) is 12.1 Å². The van der Waals surface area contributed by atoms with E-state index in [0.717, 1.165) is 42.2 Å². The molecule has 5 nitrogen and oxygen atoms in total. The molecule has 0 unspecified atom stereocenters. The Hall–Kier alpha value is -1.40. The summed E-state index contributed by atoms with van der Waals surface area (Å²) < 4.78 is 0. The zero-order valence-corrected chi connectivity index (χ0v) is 14.8. The molecule has 130 valence electrons. The van der Waals surface area contributed by atoms with Crippen molar-refractivity contribution < 1.29 is 9.59 Å². The second-order valence-corrected chi connectivity index (χ2v) is 8.30. The fraction of sp³-hybridized carbons (Fsp3) is 0.667. The summed E-state index contributed by atoms with van der Waals surface area (Å²) >= 11 is 1.40. The standard InChI is InChI=1S/C18H25N3O2S/c22-17(13-4-5-13)19-16-7-6-15(24-16)18(23)21-11-8-14(12-21)20-9-2-1-3-10-20/h6-7,13-14H,1-5,8-12H2,(H,19,22)/t14-/m1/s1. The summed E-state index contributed by atoms with van der Waals surface area (Å²) in [4.78, 5) is 29.8. The van der Waals surface area contributed by atoms with Crippen molar-refractivity contribution in [3.8, 4) is 0 Å². The molecule has 1 aromatic rings. The summed E-state index contributed by atoms with van der Waals surface area (Å²) in [6, 6.07) is 4.24. The monoisotopic (exact) mass is 347 g/mol. The van der Waals surface area contributed by atoms with Crippen LogP contribution in [0.5, 0.6) is 0 Å². The number of carbonyl (C=O) groups is 2. The molecule has 4 rings (SSSR count). The van der Waals surface area contributed by atoms with Crippen molar-refractivity contribution in [1.82, 2.24) is 9.80 Å². The lowest BCUT2D eigenvalue weighted by Crippen LogP contribution is -2.41. The van der Waals surface area contributed by atoms with Gasteiger partial charge >= 0.3 is 0 Å². The van der Waals surface area contributed by atoms with E-state index < -0.39 is 0 Å². The SMILES string of the molecule is O=C(Nc1ccc(C(=O)N2CC[C@@H](N3CCCCC3)C2)s1)C1CC1. The predicted molar refractivity (Wildman–Crippen MR) is 95.4 cm³/mol. The lowest BCUT2D eigenvalue weighted by Gasteiger charge is -2.32. The average Bonchev–Trinajstić information content (AvgIpc) is 3.17. The Bertz CT molecular complexity index is 620. The van der Waals surface area contributed by atoms with E-state index in [-0.39, 0.29) is 17.7 Å². The van der Waals surface area contributed by atoms with Crippen LogP contribution in [-0.2, 0) is 4.79 Å². The molecule has 1 aliphatic carbocycles. The van der Waals surface area contributed by atoms with Crippen molar-refractivity contribution in [2.75, 3.05) is 31.5 Å². The number of hydrogen-bond donors (Lipinski definition) is 1. The van der Waals surface area contributed by atoms with Crippen LogP contribution >= 0.6 is 11.3 Å². The Balaban J connectivity index is 1.34. The minimum atomic E-state index is 0.0992. The molecule has 0 aromatic carbocycles. The highest BCUT2D eigenvalue weighted by Gasteiger charge is 2.32. The van der Waals surface area contributed by atoms with Gasteiger partial charge in [0.15, 0.2) is 0 Å². The second kappa shape index (κ2) is 6.84. The highest BCUT2D eigenvalue weighted by atomic mass is 32.1. The maximum Gasteiger partial charge on any atom is 0.264 e. The maximum atomic E-state index is 12.7. The molecular weight excluding hydrogens is 322 g/mol. The van der Waals surface area contributed by atoms with Gasteiger partial charge in [0, 0.05) is 25.0 Å². The molecule has 0 radical (unpaired) electrons. The topological polar surface area (TPSA) is 52.7 Å². The molecule has 6 heteroatoms. The molecular formula is C18H25N3O2S. The first kappa shape index (κ1) is 16.1. The molecule has 24 heavy (non-hydrogen) atoms. The summed E-state index contributed by atoms with van der Waals surface area (Å²) in [5.41, 5.74) is 0. The number of thiophene rings is 1. The van der Waals surface area contributed by atoms with Gasteiger partial charge in [-0.15, -0.1) is 11.3 Å². The number of hydrogen-bond acceptors (Lipinski definition) is 4. The van der Waals surface area contributed by atoms with Crippen LogP contribution in [0, 0.1) is 5.92 Å². The third-order valence-electron chi connectivity index (χ3n) is 5.37. The van der Waals surface area contributed by atoms with Gasteiger partial charge in [-0.25, -0.2) is 0 Å². The first-order valence-electron chi connectivity index (χ1n) is 9.15. The molecule has 1 saturated carbocycles. The number of amides is 2. The third-order valence-corrected chi connectivity index (χ3v) is 6.36. The molecule has 0 spiro atoms. The summed E-state index contributed by atoms with van der Waals surface area (Å²) in [6.07, 6.45) is 7.00. The van der Waals surface area contributed by atoms with Crippen molar-refractivity contribution in [3.05, 3.63) is 17.0 Å². The molecule has 3 aliphatic rings. The number of carbonyl (C=O) groups excluding carboxylic acids is 2. The minimum absolute atomic E-state index is 0.0992. The van der Waals surface area contributed by atoms with E-state index in [1.165, 1.54) is 43.7 Å². The van der Waals surface area contributed by atoms with E-state index in [4.69, 9.17) is 0 Å². The van der Waals surface area contributed by atoms with Gasteiger partial charge in [-0.05, 0) is 57.3 Å². The average molecular weight is 347 g/mol. The van der Waals surface area contributed by atoms with Crippen molar-refractivity contribution in [2.24, 2.45) is 5.92 Å². The van der Waals surface area contributed by atoms with E-state index in [0.29, 0.717) is 6.04 Å². The van der Waals surface area contributed by atoms with E-state index in [9.17, 15) is 9.59 Å². The van der Waals surface area contributed by atoms with Gasteiger partial charge in [0.25, 0.3) is 5.91 Å². The third kappa shape index (κ3) is 3.49. The molecule has 2 amide bonds. The van der Waals surface area contributed by atoms with Crippen LogP contribution < -0.4 is 5.32 Å². The van der Waals surface area contributed by atoms with Crippen molar-refractivity contribution in [1.29, 1.82) is 0 Å². The van der Waals surface area contributed by atoms with Gasteiger partial charge in [-0.3, -0.25) is 14.5 Å². The van der Waals surface area contributed by atoms with Crippen LogP contribution in [0.2, 0.25) is 0 Å². The molecule has 1 aromatic heterocycles. The Morgan fingerprint density at radius 1 is 1.04 bits per heavy atom. The summed E-state index contributed by atoms with van der Waals surface area (Å²) in [7, 11) is 0. The van der Waals surface area contributed by atoms with Crippen molar-refractivity contribution >= 4 is 28.2 Å². The lowest BCUT2D eigenvalue weighted by atomic mass is 10.1. The summed E-state index contributed by atoms with van der Waals surface area (Å²) in [5.74, 6) is 0.406. The summed E-state index contributed by atoms with van der Waals surface area (Å²) in [5, 5.41) is 3.72. The molecule has 2 saturated heterocycles. The fourth-order valence-corrected chi connectivity index (χ4v) is 4.63.